The van der Waals surface area contributed by atoms with Gasteiger partial charge in [-0.15, -0.1) is 0 Å². The molecule has 3 aromatic carbocycles. The molecule has 1 saturated heterocycles. The number of aliphatic carboxylic acids is 1. The molecule has 0 aliphatic carbocycles. The van der Waals surface area contributed by atoms with E-state index in [1.165, 1.54) is 48.2 Å². The Hall–Kier alpha value is -7.06. The molecule has 20 nitrogen and oxygen atoms in total. The number of rotatable bonds is 21. The Bertz CT molecular complexity index is 2050. The van der Waals surface area contributed by atoms with E-state index in [-0.39, 0.29) is 43.7 Å². The third kappa shape index (κ3) is 14.6. The monoisotopic (exact) mass is 860 g/mol. The van der Waals surface area contributed by atoms with Gasteiger partial charge in [-0.1, -0.05) is 54.6 Å². The Labute approximate surface area is 356 Å². The molecule has 1 fully saturated rings. The molecule has 0 bridgehead atoms. The summed E-state index contributed by atoms with van der Waals surface area (Å²) in [6.45, 7) is -0.749. The number of carboxylic acids is 1. The van der Waals surface area contributed by atoms with E-state index in [0.717, 1.165) is 0 Å². The molecule has 62 heavy (non-hydrogen) atoms. The number of phenols is 2. The minimum atomic E-state index is -1.51. The number of carbonyl (C=O) groups excluding carboxylic acids is 7. The quantitative estimate of drug-likeness (QED) is 0.0539. The van der Waals surface area contributed by atoms with Crippen molar-refractivity contribution in [2.45, 2.75) is 75.3 Å². The smallest absolute Gasteiger partial charge is 0.322 e. The number of hydrogen-bond donors (Lipinski definition) is 11. The van der Waals surface area contributed by atoms with Crippen molar-refractivity contribution >= 4 is 47.3 Å². The van der Waals surface area contributed by atoms with Crippen molar-refractivity contribution in [1.29, 1.82) is 0 Å². The van der Waals surface area contributed by atoms with E-state index in [0.29, 0.717) is 23.1 Å². The van der Waals surface area contributed by atoms with E-state index < -0.39 is 103 Å². The minimum absolute atomic E-state index is 0.000200. The third-order valence-electron chi connectivity index (χ3n) is 9.90. The lowest BCUT2D eigenvalue weighted by atomic mass is 10.0. The van der Waals surface area contributed by atoms with Crippen LogP contribution in [0.4, 0.5) is 0 Å². The first kappa shape index (κ1) is 47.6. The molecule has 1 heterocycles. The van der Waals surface area contributed by atoms with Crippen molar-refractivity contribution in [1.82, 2.24) is 36.8 Å². The van der Waals surface area contributed by atoms with Crippen LogP contribution in [0.25, 0.3) is 0 Å². The van der Waals surface area contributed by atoms with Crippen molar-refractivity contribution in [2.75, 3.05) is 26.2 Å². The summed E-state index contributed by atoms with van der Waals surface area (Å²) in [5, 5.41) is 52.6. The molecule has 12 N–H and O–H groups in total. The number of phenolic OH excluding ortho intramolecular Hbond substituents is 2. The van der Waals surface area contributed by atoms with E-state index in [2.05, 4.69) is 31.9 Å². The molecule has 1 aliphatic heterocycles. The van der Waals surface area contributed by atoms with Gasteiger partial charge in [0.1, 0.15) is 48.3 Å². The maximum Gasteiger partial charge on any atom is 0.322 e. The van der Waals surface area contributed by atoms with Gasteiger partial charge < -0.3 is 63.0 Å². The Morgan fingerprint density at radius 1 is 0.661 bits per heavy atom. The zero-order chi connectivity index (χ0) is 45.3. The largest absolute Gasteiger partial charge is 0.508 e. The van der Waals surface area contributed by atoms with Gasteiger partial charge in [-0.05, 0) is 67.1 Å². The SMILES string of the molecule is C[C@H](NC(=O)[C@@H](N)Cc1ccc(O)cc1)C(=O)N[C@@H](Cc1ccccc1)C(=O)NCC(=O)N[C@@H](Cc1ccc(O)cc1)C(=O)N1CCC[C@H]1C(=O)N[C@@H](CO)C(=O)NCC(=O)O. The Morgan fingerprint density at radius 3 is 1.81 bits per heavy atom. The predicted octanol–water partition coefficient (Wildman–Crippen LogP) is -2.29. The van der Waals surface area contributed by atoms with Crippen LogP contribution in [0, 0.1) is 0 Å². The fourth-order valence-corrected chi connectivity index (χ4v) is 6.58. The lowest BCUT2D eigenvalue weighted by molar-refractivity contribution is -0.142. The first-order chi connectivity index (χ1) is 29.5. The molecule has 332 valence electrons. The number of nitrogens with two attached hydrogens (primary N) is 1. The minimum Gasteiger partial charge on any atom is -0.508 e. The lowest BCUT2D eigenvalue weighted by Crippen LogP contribution is -2.58. The molecule has 3 aromatic rings. The molecule has 6 atom stereocenters. The van der Waals surface area contributed by atoms with Crippen molar-refractivity contribution in [3.63, 3.8) is 0 Å². The zero-order valence-electron chi connectivity index (χ0n) is 33.9. The van der Waals surface area contributed by atoms with E-state index in [4.69, 9.17) is 10.8 Å². The van der Waals surface area contributed by atoms with Crippen LogP contribution in [-0.2, 0) is 57.6 Å². The zero-order valence-corrected chi connectivity index (χ0v) is 33.9. The fraction of sp³-hybridized carbons (Fsp3) is 0.381. The van der Waals surface area contributed by atoms with Crippen LogP contribution in [0.3, 0.4) is 0 Å². The average molecular weight is 861 g/mol. The van der Waals surface area contributed by atoms with E-state index in [9.17, 15) is 53.7 Å². The van der Waals surface area contributed by atoms with Crippen molar-refractivity contribution in [3.8, 4) is 11.5 Å². The number of carbonyl (C=O) groups is 8. The number of carboxylic acid groups (broad SMARTS) is 1. The molecule has 0 spiro atoms. The van der Waals surface area contributed by atoms with Gasteiger partial charge in [0, 0.05) is 19.4 Å². The number of nitrogens with one attached hydrogen (secondary N) is 6. The van der Waals surface area contributed by atoms with Gasteiger partial charge in [0.05, 0.1) is 19.2 Å². The second-order valence-electron chi connectivity index (χ2n) is 14.7. The summed E-state index contributed by atoms with van der Waals surface area (Å²) in [5.74, 6) is -6.68. The number of amides is 7. The van der Waals surface area contributed by atoms with Crippen LogP contribution in [0.5, 0.6) is 11.5 Å². The highest BCUT2D eigenvalue weighted by molar-refractivity contribution is 5.97. The molecule has 0 aromatic heterocycles. The molecule has 1 aliphatic rings. The normalized spacial score (nSPS) is 15.7. The first-order valence-electron chi connectivity index (χ1n) is 19.8. The standard InChI is InChI=1S/C42H52N8O12/c1-24(46-38(58)30(43)18-26-9-13-28(52)14-10-26)37(57)48-31(19-25-6-3-2-4-7-25)39(59)44-21-35(54)47-32(20-27-11-15-29(53)16-12-27)42(62)50-17-5-8-34(50)41(61)49-33(23-51)40(60)45-22-36(55)56/h2-4,6-7,9-16,24,30-34,51-53H,5,8,17-23,43H2,1H3,(H,44,59)(H,45,60)(H,46,58)(H,47,54)(H,48,57)(H,49,61)(H,55,56)/t24-,30-,31-,32-,33-,34-/m0/s1. The van der Waals surface area contributed by atoms with E-state index in [1.807, 2.05) is 0 Å². The second kappa shape index (κ2) is 23.1. The van der Waals surface area contributed by atoms with Gasteiger partial charge in [0.2, 0.25) is 41.4 Å². The van der Waals surface area contributed by atoms with Gasteiger partial charge in [0.15, 0.2) is 0 Å². The summed E-state index contributed by atoms with van der Waals surface area (Å²) in [6.07, 6.45) is 0.568. The average Bonchev–Trinajstić information content (AvgIpc) is 3.75. The Morgan fingerprint density at radius 2 is 1.21 bits per heavy atom. The van der Waals surface area contributed by atoms with Crippen LogP contribution < -0.4 is 37.6 Å². The number of aliphatic hydroxyl groups is 1. The molecule has 0 unspecified atom stereocenters. The van der Waals surface area contributed by atoms with E-state index in [1.54, 1.807) is 42.5 Å². The predicted molar refractivity (Wildman–Crippen MR) is 221 cm³/mol. The number of likely N-dealkylation sites (tertiary alicyclic amines) is 1. The van der Waals surface area contributed by atoms with Crippen LogP contribution in [0.2, 0.25) is 0 Å². The number of nitrogens with zero attached hydrogens (tertiary/aromatic N) is 1. The molecular formula is C42H52N8O12. The van der Waals surface area contributed by atoms with Crippen molar-refractivity contribution in [3.05, 3.63) is 95.6 Å². The molecule has 0 saturated carbocycles. The Balaban J connectivity index is 1.43. The highest BCUT2D eigenvalue weighted by Gasteiger charge is 2.39. The summed E-state index contributed by atoms with van der Waals surface area (Å²) in [6, 6.07) is 13.4. The maximum absolute atomic E-state index is 14.1. The van der Waals surface area contributed by atoms with Crippen LogP contribution >= 0.6 is 0 Å². The molecule has 0 radical (unpaired) electrons. The second-order valence-corrected chi connectivity index (χ2v) is 14.7. The summed E-state index contributed by atoms with van der Waals surface area (Å²) < 4.78 is 0. The van der Waals surface area contributed by atoms with Crippen LogP contribution in [-0.4, -0.2) is 135 Å². The summed E-state index contributed by atoms with van der Waals surface area (Å²) in [5.41, 5.74) is 7.94. The molecule has 20 heteroatoms. The molecular weight excluding hydrogens is 809 g/mol. The van der Waals surface area contributed by atoms with Gasteiger partial charge in [-0.2, -0.15) is 0 Å². The van der Waals surface area contributed by atoms with Gasteiger partial charge in [0.25, 0.3) is 0 Å². The highest BCUT2D eigenvalue weighted by atomic mass is 16.4. The number of hydrogen-bond acceptors (Lipinski definition) is 12. The summed E-state index contributed by atoms with van der Waals surface area (Å²) in [4.78, 5) is 105. The third-order valence-corrected chi connectivity index (χ3v) is 9.90. The maximum atomic E-state index is 14.1. The van der Waals surface area contributed by atoms with E-state index >= 15 is 0 Å². The van der Waals surface area contributed by atoms with Crippen LogP contribution in [0.1, 0.15) is 36.5 Å². The first-order valence-corrected chi connectivity index (χ1v) is 19.8. The van der Waals surface area contributed by atoms with Crippen molar-refractivity contribution < 1.29 is 58.8 Å². The Kier molecular flexibility index (Phi) is 17.7. The fourth-order valence-electron chi connectivity index (χ4n) is 6.58. The molecule has 4 rings (SSSR count). The number of aliphatic hydroxyl groups excluding tert-OH is 1. The number of aromatic hydroxyl groups is 2. The highest BCUT2D eigenvalue weighted by Crippen LogP contribution is 2.21. The summed E-state index contributed by atoms with van der Waals surface area (Å²) in [7, 11) is 0. The van der Waals surface area contributed by atoms with Gasteiger partial charge in [-0.3, -0.25) is 38.4 Å². The van der Waals surface area contributed by atoms with Crippen LogP contribution in [0.15, 0.2) is 78.9 Å². The lowest BCUT2D eigenvalue weighted by Gasteiger charge is -2.30. The van der Waals surface area contributed by atoms with Gasteiger partial charge >= 0.3 is 5.97 Å². The van der Waals surface area contributed by atoms with Gasteiger partial charge in [-0.25, -0.2) is 0 Å². The number of benzene rings is 3. The molecule has 7 amide bonds. The van der Waals surface area contributed by atoms with Crippen molar-refractivity contribution in [2.24, 2.45) is 5.73 Å². The summed E-state index contributed by atoms with van der Waals surface area (Å²) >= 11 is 0. The topological polar surface area (TPSA) is 319 Å².